The molecule has 0 saturated carbocycles. The van der Waals surface area contributed by atoms with Gasteiger partial charge in [-0.05, 0) is 20.3 Å². The highest BCUT2D eigenvalue weighted by molar-refractivity contribution is 4.56. The van der Waals surface area contributed by atoms with Gasteiger partial charge in [0.15, 0.2) is 0 Å². The minimum Gasteiger partial charge on any atom is -0.391 e. The number of aliphatic hydroxyl groups excluding tert-OH is 1. The molecule has 1 atom stereocenters. The minimum absolute atomic E-state index is 0.224. The average molecular weight is 272 g/mol. The first kappa shape index (κ1) is 18.9. The van der Waals surface area contributed by atoms with Gasteiger partial charge >= 0.3 is 0 Å². The van der Waals surface area contributed by atoms with E-state index in [1.54, 1.807) is 0 Å². The Morgan fingerprint density at radius 2 is 1.26 bits per heavy atom. The maximum atomic E-state index is 9.70. The van der Waals surface area contributed by atoms with Crippen molar-refractivity contribution in [2.24, 2.45) is 0 Å². The second kappa shape index (κ2) is 14.3. The Morgan fingerprint density at radius 1 is 0.789 bits per heavy atom. The first-order valence-electron chi connectivity index (χ1n) is 8.46. The van der Waals surface area contributed by atoms with Crippen molar-refractivity contribution < 1.29 is 9.84 Å². The molecule has 0 radical (unpaired) electrons. The summed E-state index contributed by atoms with van der Waals surface area (Å²) in [6.45, 7) is 6.77. The van der Waals surface area contributed by atoms with E-state index >= 15 is 0 Å². The first-order valence-corrected chi connectivity index (χ1v) is 8.46. The molecule has 0 rings (SSSR count). The van der Waals surface area contributed by atoms with Gasteiger partial charge in [0, 0.05) is 0 Å². The van der Waals surface area contributed by atoms with Crippen LogP contribution >= 0.6 is 0 Å². The molecule has 0 saturated heterocycles. The molecule has 0 aliphatic heterocycles. The summed E-state index contributed by atoms with van der Waals surface area (Å²) in [5.41, 5.74) is 0. The summed E-state index contributed by atoms with van der Waals surface area (Å²) in [7, 11) is 0. The maximum Gasteiger partial charge on any atom is 0.0773 e. The lowest BCUT2D eigenvalue weighted by molar-refractivity contribution is 0.00178. The highest BCUT2D eigenvalue weighted by Gasteiger charge is 2.05. The number of rotatable bonds is 14. The van der Waals surface area contributed by atoms with Gasteiger partial charge in [-0.25, -0.2) is 0 Å². The average Bonchev–Trinajstić information content (AvgIpc) is 2.38. The van der Waals surface area contributed by atoms with E-state index in [1.807, 2.05) is 13.8 Å². The van der Waals surface area contributed by atoms with E-state index in [9.17, 15) is 5.11 Å². The van der Waals surface area contributed by atoms with E-state index in [-0.39, 0.29) is 12.2 Å². The molecule has 1 N–H and O–H groups in total. The zero-order valence-corrected chi connectivity index (χ0v) is 13.5. The van der Waals surface area contributed by atoms with Gasteiger partial charge < -0.3 is 9.84 Å². The Hall–Kier alpha value is -0.0800. The molecule has 0 aromatic heterocycles. The van der Waals surface area contributed by atoms with Crippen molar-refractivity contribution >= 4 is 0 Å². The summed E-state index contributed by atoms with van der Waals surface area (Å²) in [5, 5.41) is 9.70. The number of aliphatic hydroxyl groups is 1. The van der Waals surface area contributed by atoms with Crippen LogP contribution in [-0.2, 0) is 4.74 Å². The lowest BCUT2D eigenvalue weighted by Crippen LogP contribution is -2.18. The van der Waals surface area contributed by atoms with Gasteiger partial charge in [-0.3, -0.25) is 0 Å². The summed E-state index contributed by atoms with van der Waals surface area (Å²) in [6, 6.07) is 0. The van der Waals surface area contributed by atoms with E-state index in [2.05, 4.69) is 6.92 Å². The first-order chi connectivity index (χ1) is 9.16. The van der Waals surface area contributed by atoms with Crippen LogP contribution in [0.2, 0.25) is 0 Å². The van der Waals surface area contributed by atoms with Crippen LogP contribution in [0.1, 0.15) is 91.4 Å². The number of hydrogen-bond acceptors (Lipinski definition) is 2. The maximum absolute atomic E-state index is 9.70. The van der Waals surface area contributed by atoms with Gasteiger partial charge in [-0.15, -0.1) is 0 Å². The highest BCUT2D eigenvalue weighted by atomic mass is 16.5. The molecule has 1 unspecified atom stereocenters. The fourth-order valence-electron chi connectivity index (χ4n) is 2.25. The fraction of sp³-hybridized carbons (Fsp3) is 1.00. The van der Waals surface area contributed by atoms with Crippen LogP contribution in [-0.4, -0.2) is 23.9 Å². The van der Waals surface area contributed by atoms with E-state index < -0.39 is 0 Å². The Labute approximate surface area is 120 Å². The second-order valence-electron chi connectivity index (χ2n) is 6.01. The third-order valence-electron chi connectivity index (χ3n) is 3.51. The molecule has 0 aromatic carbocycles. The van der Waals surface area contributed by atoms with Crippen molar-refractivity contribution in [3.8, 4) is 0 Å². The smallest absolute Gasteiger partial charge is 0.0773 e. The molecule has 0 aromatic rings. The zero-order chi connectivity index (χ0) is 14.3. The van der Waals surface area contributed by atoms with Crippen LogP contribution < -0.4 is 0 Å². The molecule has 0 aliphatic rings. The Balaban J connectivity index is 3.09. The molecule has 0 aliphatic carbocycles. The van der Waals surface area contributed by atoms with E-state index in [0.29, 0.717) is 6.61 Å². The van der Waals surface area contributed by atoms with E-state index in [0.717, 1.165) is 12.8 Å². The predicted octanol–water partition coefficient (Wildman–Crippen LogP) is 5.08. The van der Waals surface area contributed by atoms with Crippen LogP contribution in [0.5, 0.6) is 0 Å². The van der Waals surface area contributed by atoms with E-state index in [1.165, 1.54) is 57.8 Å². The van der Waals surface area contributed by atoms with Gasteiger partial charge in [0.05, 0.1) is 18.8 Å². The van der Waals surface area contributed by atoms with Crippen molar-refractivity contribution in [3.05, 3.63) is 0 Å². The normalized spacial score (nSPS) is 13.1. The summed E-state index contributed by atoms with van der Waals surface area (Å²) in [5.74, 6) is 0. The Bertz CT molecular complexity index is 169. The van der Waals surface area contributed by atoms with Crippen molar-refractivity contribution in [3.63, 3.8) is 0 Å². The van der Waals surface area contributed by atoms with Crippen molar-refractivity contribution in [1.29, 1.82) is 0 Å². The summed E-state index contributed by atoms with van der Waals surface area (Å²) in [4.78, 5) is 0. The SMILES string of the molecule is CCCCCCCCCCCCC(O)COC(C)C. The monoisotopic (exact) mass is 272 g/mol. The third kappa shape index (κ3) is 15.9. The minimum atomic E-state index is -0.267. The predicted molar refractivity (Wildman–Crippen MR) is 83.6 cm³/mol. The van der Waals surface area contributed by atoms with Crippen LogP contribution in [0.25, 0.3) is 0 Å². The third-order valence-corrected chi connectivity index (χ3v) is 3.51. The highest BCUT2D eigenvalue weighted by Crippen LogP contribution is 2.12. The molecule has 0 heterocycles. The van der Waals surface area contributed by atoms with Crippen LogP contribution in [0, 0.1) is 0 Å². The van der Waals surface area contributed by atoms with Gasteiger partial charge in [0.25, 0.3) is 0 Å². The molecule has 2 heteroatoms. The second-order valence-corrected chi connectivity index (χ2v) is 6.01. The molecule has 0 spiro atoms. The zero-order valence-electron chi connectivity index (χ0n) is 13.5. The van der Waals surface area contributed by atoms with Gasteiger partial charge in [0.1, 0.15) is 0 Å². The van der Waals surface area contributed by atoms with Crippen molar-refractivity contribution in [1.82, 2.24) is 0 Å². The molecule has 2 nitrogen and oxygen atoms in total. The summed E-state index contributed by atoms with van der Waals surface area (Å²) in [6.07, 6.45) is 14.3. The molecular weight excluding hydrogens is 236 g/mol. The molecule has 0 fully saturated rings. The lowest BCUT2D eigenvalue weighted by Gasteiger charge is -2.13. The number of unbranched alkanes of at least 4 members (excludes halogenated alkanes) is 9. The van der Waals surface area contributed by atoms with Crippen LogP contribution in [0.4, 0.5) is 0 Å². The van der Waals surface area contributed by atoms with Gasteiger partial charge in [0.2, 0.25) is 0 Å². The summed E-state index contributed by atoms with van der Waals surface area (Å²) >= 11 is 0. The van der Waals surface area contributed by atoms with Crippen molar-refractivity contribution in [2.45, 2.75) is 104 Å². The molecule has 116 valence electrons. The summed E-state index contributed by atoms with van der Waals surface area (Å²) < 4.78 is 5.40. The topological polar surface area (TPSA) is 29.5 Å². The molecule has 0 bridgehead atoms. The molecular formula is C17H36O2. The number of hydrogen-bond donors (Lipinski definition) is 1. The van der Waals surface area contributed by atoms with Crippen LogP contribution in [0.15, 0.2) is 0 Å². The lowest BCUT2D eigenvalue weighted by atomic mass is 10.0. The van der Waals surface area contributed by atoms with Crippen molar-refractivity contribution in [2.75, 3.05) is 6.61 Å². The Morgan fingerprint density at radius 3 is 1.74 bits per heavy atom. The largest absolute Gasteiger partial charge is 0.391 e. The van der Waals surface area contributed by atoms with E-state index in [4.69, 9.17) is 4.74 Å². The van der Waals surface area contributed by atoms with Gasteiger partial charge in [-0.1, -0.05) is 71.1 Å². The number of ether oxygens (including phenoxy) is 1. The molecule has 19 heavy (non-hydrogen) atoms. The fourth-order valence-corrected chi connectivity index (χ4v) is 2.25. The Kier molecular flexibility index (Phi) is 14.3. The molecule has 0 amide bonds. The quantitative estimate of drug-likeness (QED) is 0.447. The van der Waals surface area contributed by atoms with Crippen LogP contribution in [0.3, 0.4) is 0 Å². The van der Waals surface area contributed by atoms with Gasteiger partial charge in [-0.2, -0.15) is 0 Å². The standard InChI is InChI=1S/C17H36O2/c1-4-5-6-7-8-9-10-11-12-13-14-17(18)15-19-16(2)3/h16-18H,4-15H2,1-3H3.